The SMILES string of the molecule is NC1=NS(=O)(=O)Oc2cccc(F)c21.O=C(NC1=NS(=O)(=O)Oc2cccc(F)c21)NC1CCCCC1.O=C=NC1CCCCC1. The first-order valence-corrected chi connectivity index (χ1v) is 17.2. The minimum Gasteiger partial charge on any atom is -0.382 e. The smallest absolute Gasteiger partial charge is 0.382 e. The molecule has 248 valence electrons. The maximum atomic E-state index is 14.0. The molecule has 4 N–H and O–H groups in total. The van der Waals surface area contributed by atoms with E-state index in [1.807, 2.05) is 0 Å². The Kier molecular flexibility index (Phi) is 11.4. The predicted octanol–water partition coefficient (Wildman–Crippen LogP) is 3.66. The second-order valence-electron chi connectivity index (χ2n) is 10.6. The van der Waals surface area contributed by atoms with E-state index in [0.717, 1.165) is 57.1 Å². The standard InChI is InChI=1S/C14H16FN3O4S.C7H5FN2O3S.C7H11NO/c15-10-7-4-8-11-12(10)13(18-23(20,21)22-11)17-14(19)16-9-5-2-1-3-6-9;8-4-2-1-3-5-6(4)7(9)10-14(11,12)13-5;9-6-8-7-4-2-1-3-5-7/h4,7-9H,1-3,5-6H2,(H2,16,17,18,19);1-3H,(H2,9,10);7H,1-5H2. The van der Waals surface area contributed by atoms with E-state index in [1.165, 1.54) is 43.5 Å². The number of nitrogens with zero attached hydrogens (tertiary/aromatic N) is 3. The highest BCUT2D eigenvalue weighted by Crippen LogP contribution is 2.28. The maximum absolute atomic E-state index is 14.0. The van der Waals surface area contributed by atoms with Gasteiger partial charge in [-0.2, -0.15) is 16.8 Å². The number of carbonyl (C=O) groups is 1. The normalized spacial score (nSPS) is 19.5. The molecule has 0 atom stereocenters. The van der Waals surface area contributed by atoms with Crippen LogP contribution in [0.25, 0.3) is 0 Å². The number of benzene rings is 2. The number of fused-ring (bicyclic) bond motifs is 2. The minimum atomic E-state index is -4.26. The summed E-state index contributed by atoms with van der Waals surface area (Å²) in [7, 11) is -8.33. The van der Waals surface area contributed by atoms with E-state index in [0.29, 0.717) is 6.04 Å². The van der Waals surface area contributed by atoms with Crippen LogP contribution in [-0.4, -0.2) is 52.7 Å². The molecule has 2 fully saturated rings. The lowest BCUT2D eigenvalue weighted by Gasteiger charge is -2.23. The fraction of sp³-hybridized carbons (Fsp3) is 0.429. The average Bonchev–Trinajstić information content (AvgIpc) is 2.97. The Morgan fingerprint density at radius 2 is 1.35 bits per heavy atom. The number of amides is 2. The van der Waals surface area contributed by atoms with Gasteiger partial charge in [0.2, 0.25) is 6.08 Å². The molecule has 46 heavy (non-hydrogen) atoms. The summed E-state index contributed by atoms with van der Waals surface area (Å²) in [4.78, 5) is 25.5. The van der Waals surface area contributed by atoms with Crippen molar-refractivity contribution >= 4 is 44.4 Å². The first kappa shape index (κ1) is 34.5. The molecule has 0 saturated heterocycles. The lowest BCUT2D eigenvalue weighted by atomic mass is 9.96. The molecule has 18 heteroatoms. The molecule has 0 spiro atoms. The number of isocyanates is 1. The molecule has 2 aliphatic heterocycles. The molecule has 2 heterocycles. The number of aliphatic imine (C=N–C) groups is 1. The van der Waals surface area contributed by atoms with Crippen molar-refractivity contribution in [1.82, 2.24) is 10.6 Å². The summed E-state index contributed by atoms with van der Waals surface area (Å²) in [6.45, 7) is 0. The largest absolute Gasteiger partial charge is 0.430 e. The molecular weight excluding hydrogens is 650 g/mol. The summed E-state index contributed by atoms with van der Waals surface area (Å²) >= 11 is 0. The van der Waals surface area contributed by atoms with Gasteiger partial charge in [0.1, 0.15) is 11.6 Å². The summed E-state index contributed by atoms with van der Waals surface area (Å²) < 4.78 is 87.5. The van der Waals surface area contributed by atoms with Gasteiger partial charge in [-0.15, -0.1) is 8.80 Å². The molecule has 2 aromatic carbocycles. The molecular formula is C28H32F2N6O8S2. The van der Waals surface area contributed by atoms with Crippen molar-refractivity contribution in [2.75, 3.05) is 0 Å². The van der Waals surface area contributed by atoms with Crippen LogP contribution in [0.15, 0.2) is 50.2 Å². The molecule has 2 aromatic rings. The molecule has 14 nitrogen and oxygen atoms in total. The van der Waals surface area contributed by atoms with Crippen LogP contribution in [0.3, 0.4) is 0 Å². The van der Waals surface area contributed by atoms with E-state index >= 15 is 0 Å². The first-order chi connectivity index (χ1) is 21.9. The zero-order valence-corrected chi connectivity index (χ0v) is 26.1. The van der Waals surface area contributed by atoms with Gasteiger partial charge < -0.3 is 19.4 Å². The third-order valence-electron chi connectivity index (χ3n) is 7.23. The monoisotopic (exact) mass is 682 g/mol. The Morgan fingerprint density at radius 3 is 1.93 bits per heavy atom. The molecule has 0 unspecified atom stereocenters. The van der Waals surface area contributed by atoms with E-state index in [-0.39, 0.29) is 34.5 Å². The Hall–Kier alpha value is -4.41. The number of nitrogens with one attached hydrogen (secondary N) is 2. The Morgan fingerprint density at radius 1 is 0.826 bits per heavy atom. The third kappa shape index (κ3) is 9.55. The number of carbonyl (C=O) groups excluding carboxylic acids is 2. The fourth-order valence-electron chi connectivity index (χ4n) is 5.16. The Bertz CT molecular complexity index is 1770. The van der Waals surface area contributed by atoms with Crippen LogP contribution in [-0.2, 0) is 25.4 Å². The van der Waals surface area contributed by atoms with Gasteiger partial charge in [-0.1, -0.05) is 50.7 Å². The van der Waals surface area contributed by atoms with Crippen LogP contribution >= 0.6 is 0 Å². The third-order valence-corrected chi connectivity index (χ3v) is 8.84. The quantitative estimate of drug-likeness (QED) is 0.311. The van der Waals surface area contributed by atoms with Gasteiger partial charge in [-0.05, 0) is 49.9 Å². The van der Waals surface area contributed by atoms with Crippen molar-refractivity contribution in [1.29, 1.82) is 0 Å². The van der Waals surface area contributed by atoms with Crippen molar-refractivity contribution in [3.05, 3.63) is 59.2 Å². The summed E-state index contributed by atoms with van der Waals surface area (Å²) in [5.41, 5.74) is 4.97. The van der Waals surface area contributed by atoms with Gasteiger partial charge in [0.05, 0.1) is 17.2 Å². The van der Waals surface area contributed by atoms with Gasteiger partial charge in [-0.3, -0.25) is 5.32 Å². The van der Waals surface area contributed by atoms with Crippen LogP contribution in [0.1, 0.15) is 75.3 Å². The van der Waals surface area contributed by atoms with Crippen LogP contribution in [0.4, 0.5) is 13.6 Å². The highest BCUT2D eigenvalue weighted by Gasteiger charge is 2.30. The minimum absolute atomic E-state index is 0.0286. The van der Waals surface area contributed by atoms with Gasteiger partial charge >= 0.3 is 26.6 Å². The second-order valence-corrected chi connectivity index (χ2v) is 13.0. The lowest BCUT2D eigenvalue weighted by molar-refractivity contribution is 0.237. The van der Waals surface area contributed by atoms with E-state index in [4.69, 9.17) is 5.73 Å². The van der Waals surface area contributed by atoms with Crippen molar-refractivity contribution < 1.29 is 43.6 Å². The highest BCUT2D eigenvalue weighted by atomic mass is 32.2. The molecule has 4 aliphatic rings. The van der Waals surface area contributed by atoms with Crippen molar-refractivity contribution in [2.24, 2.45) is 19.5 Å². The van der Waals surface area contributed by atoms with Crippen LogP contribution in [0, 0.1) is 11.6 Å². The molecule has 0 radical (unpaired) electrons. The summed E-state index contributed by atoms with van der Waals surface area (Å²) in [5.74, 6) is -2.51. The van der Waals surface area contributed by atoms with E-state index in [1.54, 1.807) is 6.08 Å². The van der Waals surface area contributed by atoms with E-state index in [2.05, 4.69) is 32.8 Å². The van der Waals surface area contributed by atoms with Crippen molar-refractivity contribution in [3.63, 3.8) is 0 Å². The van der Waals surface area contributed by atoms with E-state index in [9.17, 15) is 35.2 Å². The fourth-order valence-corrected chi connectivity index (χ4v) is 6.66. The summed E-state index contributed by atoms with van der Waals surface area (Å²) in [5, 5.41) is 5.07. The summed E-state index contributed by atoms with van der Waals surface area (Å²) in [6.07, 6.45) is 12.5. The van der Waals surface area contributed by atoms with Gasteiger partial charge in [0.15, 0.2) is 23.2 Å². The first-order valence-electron chi connectivity index (χ1n) is 14.4. The molecule has 6 rings (SSSR count). The number of amidine groups is 2. The second kappa shape index (κ2) is 15.2. The molecule has 0 aromatic heterocycles. The van der Waals surface area contributed by atoms with Crippen molar-refractivity contribution in [3.8, 4) is 11.5 Å². The van der Waals surface area contributed by atoms with Crippen LogP contribution in [0.2, 0.25) is 0 Å². The number of halogens is 2. The number of nitrogens with two attached hydrogens (primary N) is 1. The average molecular weight is 683 g/mol. The van der Waals surface area contributed by atoms with E-state index < -0.39 is 44.1 Å². The highest BCUT2D eigenvalue weighted by molar-refractivity contribution is 7.86. The van der Waals surface area contributed by atoms with Gasteiger partial charge in [0.25, 0.3) is 0 Å². The Labute approximate surface area is 264 Å². The number of rotatable bonds is 2. The van der Waals surface area contributed by atoms with Crippen LogP contribution < -0.4 is 24.7 Å². The van der Waals surface area contributed by atoms with Crippen LogP contribution in [0.5, 0.6) is 11.5 Å². The predicted molar refractivity (Wildman–Crippen MR) is 163 cm³/mol. The van der Waals surface area contributed by atoms with Gasteiger partial charge in [0, 0.05) is 6.04 Å². The molecule has 0 bridgehead atoms. The molecule has 2 amide bonds. The summed E-state index contributed by atoms with van der Waals surface area (Å²) in [6, 6.07) is 7.23. The number of hydrogen-bond acceptors (Lipinski definition) is 10. The zero-order chi connectivity index (χ0) is 33.3. The molecule has 2 aliphatic carbocycles. The lowest BCUT2D eigenvalue weighted by Crippen LogP contribution is -2.46. The zero-order valence-electron chi connectivity index (χ0n) is 24.4. The number of urea groups is 1. The van der Waals surface area contributed by atoms with Gasteiger partial charge in [-0.25, -0.2) is 23.4 Å². The molecule has 2 saturated carbocycles. The maximum Gasteiger partial charge on any atom is 0.430 e. The Balaban J connectivity index is 0.000000176. The van der Waals surface area contributed by atoms with Crippen molar-refractivity contribution in [2.45, 2.75) is 76.3 Å². The topological polar surface area (TPSA) is 208 Å². The number of hydrogen-bond donors (Lipinski definition) is 3.